The number of nitro benzene ring substituents is 2. The summed E-state index contributed by atoms with van der Waals surface area (Å²) in [5.41, 5.74) is 8.31. The van der Waals surface area contributed by atoms with Crippen molar-refractivity contribution < 1.29 is 67.4 Å². The number of allylic oxidation sites excluding steroid dienone is 8. The van der Waals surface area contributed by atoms with E-state index in [-0.39, 0.29) is 163 Å². The molecule has 6 fully saturated rings. The number of benzene rings is 8. The van der Waals surface area contributed by atoms with Crippen LogP contribution in [-0.4, -0.2) is 111 Å². The molecule has 3 N–H and O–H groups in total. The van der Waals surface area contributed by atoms with Crippen LogP contribution in [0, 0.1) is 91.2 Å². The number of hydrogen-bond acceptors (Lipinski definition) is 19. The largest absolute Gasteiger partial charge is 0.338 e. The van der Waals surface area contributed by atoms with E-state index in [1.165, 1.54) is 49.9 Å². The maximum absolute atomic E-state index is 13.2. The van der Waals surface area contributed by atoms with E-state index in [4.69, 9.17) is 4.98 Å². The van der Waals surface area contributed by atoms with Crippen LogP contribution in [0.1, 0.15) is 80.0 Å². The Morgan fingerprint density at radius 2 is 0.588 bits per heavy atom. The molecule has 584 valence electrons. The van der Waals surface area contributed by atoms with Gasteiger partial charge >= 0.3 is 0 Å². The molecule has 11 aromatic rings. The van der Waals surface area contributed by atoms with Crippen LogP contribution in [0.15, 0.2) is 212 Å². The van der Waals surface area contributed by atoms with Crippen molar-refractivity contribution in [3.05, 3.63) is 255 Å². The molecule has 6 aliphatic carbocycles. The third-order valence-electron chi connectivity index (χ3n) is 25.5. The van der Waals surface area contributed by atoms with Crippen LogP contribution in [0.2, 0.25) is 0 Å². The van der Waals surface area contributed by atoms with Crippen molar-refractivity contribution in [1.29, 1.82) is 0 Å². The standard InChI is InChI=1S/C31H24N4O4.C29H14N6O8.C29H24N4O4/c36-28-23-15-1-2-16(11-15)24(23)29(37)34(28)19-7-5-14(6-8-19)27-32-21-10-9-20(13-22(21)33-27)35-30(38)25-17-3-4-18(12-17)26(25)31(35)39;36-26-19-8-5-17(34(40)41)11-21(19)28(38)32(26)15-3-1-14(2-4-15)25-30-23-10-7-16(13-24(23)31-25)33-27(37)20-9-6-18(35(42)43)12-22(20)29(33)39;34-26-19-5-1-2-6-20(19)27(35)32(26)17-11-9-16(10-12-17)25-30-23-14-13-18(15-24(23)31-25)33-28(36)21-7-3-4-8-22(21)29(33)37/h1-10,13,15-18,23-26H,11-12H2,(H,32,33);1-13H,(H,30,31);1-4,9-15,19-22H,5-8H2,(H,30,31). The Hall–Kier alpha value is -15.2. The first-order chi connectivity index (χ1) is 57.6. The van der Waals surface area contributed by atoms with E-state index < -0.39 is 33.5 Å². The number of nitrogens with one attached hydrogen (secondary N) is 3. The molecule has 4 saturated heterocycles. The van der Waals surface area contributed by atoms with Crippen molar-refractivity contribution in [2.45, 2.75) is 38.5 Å². The number of carbonyl (C=O) groups is 12. The summed E-state index contributed by atoms with van der Waals surface area (Å²) in [6.07, 6.45) is 20.5. The molecule has 12 unspecified atom stereocenters. The van der Waals surface area contributed by atoms with Gasteiger partial charge in [-0.2, -0.15) is 0 Å². The summed E-state index contributed by atoms with van der Waals surface area (Å²) >= 11 is 0. The van der Waals surface area contributed by atoms with Crippen LogP contribution >= 0.6 is 0 Å². The summed E-state index contributed by atoms with van der Waals surface area (Å²) in [6.45, 7) is 0. The summed E-state index contributed by atoms with van der Waals surface area (Å²) < 4.78 is 0. The number of nitro groups is 2. The van der Waals surface area contributed by atoms with E-state index in [0.717, 1.165) is 56.9 Å². The van der Waals surface area contributed by atoms with Crippen molar-refractivity contribution in [2.24, 2.45) is 71.0 Å². The first-order valence-corrected chi connectivity index (χ1v) is 38.9. The summed E-state index contributed by atoms with van der Waals surface area (Å²) in [7, 11) is 0. The van der Waals surface area contributed by atoms with Gasteiger partial charge in [0.05, 0.1) is 147 Å². The predicted octanol–water partition coefficient (Wildman–Crippen LogP) is 12.6. The number of imide groups is 6. The topological polar surface area (TPSA) is 397 Å². The molecule has 12 amide bonds. The number of aromatic nitrogens is 6. The van der Waals surface area contributed by atoms with E-state index in [1.807, 2.05) is 60.7 Å². The molecular formula is C89H62N14O16. The number of non-ortho nitro benzene ring substituents is 2. The molecule has 12 aliphatic rings. The number of aromatic amines is 3. The Balaban J connectivity index is 0.000000111. The van der Waals surface area contributed by atoms with Crippen LogP contribution in [0.25, 0.3) is 67.3 Å². The summed E-state index contributed by atoms with van der Waals surface area (Å²) in [5, 5.41) is 22.2. The second-order valence-corrected chi connectivity index (χ2v) is 31.7. The zero-order valence-electron chi connectivity index (χ0n) is 62.3. The van der Waals surface area contributed by atoms with Gasteiger partial charge in [-0.3, -0.25) is 87.6 Å². The van der Waals surface area contributed by atoms with Crippen molar-refractivity contribution >= 4 is 149 Å². The van der Waals surface area contributed by atoms with Crippen LogP contribution in [0.3, 0.4) is 0 Å². The van der Waals surface area contributed by atoms with Crippen LogP contribution < -0.4 is 29.4 Å². The van der Waals surface area contributed by atoms with E-state index in [1.54, 1.807) is 84.9 Å². The fourth-order valence-electron chi connectivity index (χ4n) is 19.7. The summed E-state index contributed by atoms with van der Waals surface area (Å²) in [6, 6.07) is 43.4. The maximum Gasteiger partial charge on any atom is 0.270 e. The number of rotatable bonds is 11. The van der Waals surface area contributed by atoms with Crippen molar-refractivity contribution in [2.75, 3.05) is 29.4 Å². The lowest BCUT2D eigenvalue weighted by atomic mass is 9.85. The Bertz CT molecular complexity index is 6540. The second kappa shape index (κ2) is 26.7. The molecule has 0 spiro atoms. The number of imidazole rings is 3. The highest BCUT2D eigenvalue weighted by atomic mass is 16.6. The first kappa shape index (κ1) is 71.5. The highest BCUT2D eigenvalue weighted by Crippen LogP contribution is 2.55. The number of anilines is 6. The van der Waals surface area contributed by atoms with Crippen molar-refractivity contribution in [3.8, 4) is 34.2 Å². The molecule has 30 heteroatoms. The molecule has 23 rings (SSSR count). The average Bonchev–Trinajstić information content (AvgIpc) is 1.56. The fraction of sp³-hybridized carbons (Fsp3) is 0.202. The second-order valence-electron chi connectivity index (χ2n) is 31.7. The van der Waals surface area contributed by atoms with Crippen molar-refractivity contribution in [3.63, 3.8) is 0 Å². The van der Waals surface area contributed by atoms with Gasteiger partial charge in [0.2, 0.25) is 47.3 Å². The molecule has 6 aliphatic heterocycles. The van der Waals surface area contributed by atoms with Crippen molar-refractivity contribution in [1.82, 2.24) is 29.9 Å². The van der Waals surface area contributed by atoms with E-state index in [9.17, 15) is 77.8 Å². The molecular weight excluding hydrogens is 1520 g/mol. The number of fused-ring (bicyclic) bond motifs is 17. The Kier molecular flexibility index (Phi) is 16.0. The van der Waals surface area contributed by atoms with E-state index in [2.05, 4.69) is 49.2 Å². The molecule has 119 heavy (non-hydrogen) atoms. The van der Waals surface area contributed by atoms with E-state index >= 15 is 0 Å². The lowest BCUT2D eigenvalue weighted by Gasteiger charge is -2.17. The molecule has 9 heterocycles. The van der Waals surface area contributed by atoms with Gasteiger partial charge in [-0.05, 0) is 202 Å². The minimum atomic E-state index is -0.683. The number of H-pyrrole nitrogens is 3. The third kappa shape index (κ3) is 11.0. The molecule has 0 radical (unpaired) electrons. The molecule has 2 saturated carbocycles. The quantitative estimate of drug-likeness (QED) is 0.0468. The van der Waals surface area contributed by atoms with Gasteiger partial charge in [0.15, 0.2) is 0 Å². The van der Waals surface area contributed by atoms with Crippen LogP contribution in [0.5, 0.6) is 0 Å². The van der Waals surface area contributed by atoms with Gasteiger partial charge in [0.25, 0.3) is 35.0 Å². The number of amides is 12. The van der Waals surface area contributed by atoms with Gasteiger partial charge < -0.3 is 15.0 Å². The molecule has 4 bridgehead atoms. The predicted molar refractivity (Wildman–Crippen MR) is 429 cm³/mol. The Morgan fingerprint density at radius 1 is 0.294 bits per heavy atom. The van der Waals surface area contributed by atoms with Crippen LogP contribution in [-0.2, 0) is 38.4 Å². The smallest absolute Gasteiger partial charge is 0.270 e. The van der Waals surface area contributed by atoms with Gasteiger partial charge in [-0.1, -0.05) is 48.6 Å². The fourth-order valence-corrected chi connectivity index (χ4v) is 19.7. The monoisotopic (exact) mass is 1580 g/mol. The zero-order valence-corrected chi connectivity index (χ0v) is 62.3. The normalized spacial score (nSPS) is 25.0. The van der Waals surface area contributed by atoms with Gasteiger partial charge in [0, 0.05) is 41.0 Å². The summed E-state index contributed by atoms with van der Waals surface area (Å²) in [4.78, 5) is 208. The molecule has 3 aromatic heterocycles. The Labute approximate surface area is 671 Å². The first-order valence-electron chi connectivity index (χ1n) is 38.9. The highest BCUT2D eigenvalue weighted by Gasteiger charge is 2.61. The van der Waals surface area contributed by atoms with Gasteiger partial charge in [-0.25, -0.2) is 34.6 Å². The maximum atomic E-state index is 13.2. The van der Waals surface area contributed by atoms with Gasteiger partial charge in [-0.15, -0.1) is 0 Å². The average molecular weight is 1580 g/mol. The zero-order chi connectivity index (χ0) is 81.6. The van der Waals surface area contributed by atoms with E-state index in [0.29, 0.717) is 93.5 Å². The minimum absolute atomic E-state index is 0.0485. The molecule has 30 nitrogen and oxygen atoms in total. The SMILES string of the molecule is O=C1C2C3C=CC(C3)C2C(=O)N1c1ccc(-c2nc3ccc(N4C(=O)C5C6C=CC(C6)C5C4=O)cc3[nH]2)cc1.O=C1C2CC=CCC2C(=O)N1c1ccc(-c2nc3ccc(N4C(=O)C5CC=CCC5C4=O)cc3[nH]2)cc1.O=C1c2ccc([N+](=O)[O-])cc2C(=O)N1c1ccc(-c2nc3cc(N4C(=O)c5ccc([N+](=O)[O-])cc5C4=O)ccc3[nH]2)cc1. The van der Waals surface area contributed by atoms with Crippen LogP contribution in [0.4, 0.5) is 45.5 Å². The highest BCUT2D eigenvalue weighted by molar-refractivity contribution is 6.36. The number of nitrogens with zero attached hydrogens (tertiary/aromatic N) is 11. The lowest BCUT2D eigenvalue weighted by Crippen LogP contribution is -2.32. The Morgan fingerprint density at radius 3 is 0.966 bits per heavy atom. The lowest BCUT2D eigenvalue weighted by molar-refractivity contribution is -0.385. The summed E-state index contributed by atoms with van der Waals surface area (Å²) in [5.74, 6) is -3.14. The molecule has 8 aromatic carbocycles. The minimum Gasteiger partial charge on any atom is -0.338 e. The molecule has 12 atom stereocenters. The number of hydrogen-bond donors (Lipinski definition) is 3. The van der Waals surface area contributed by atoms with Gasteiger partial charge in [0.1, 0.15) is 17.5 Å². The number of carbonyl (C=O) groups excluding carboxylic acids is 12. The third-order valence-corrected chi connectivity index (χ3v) is 25.5.